The first kappa shape index (κ1) is 12.5. The Kier molecular flexibility index (Phi) is 3.22. The number of carbonyl (C=O) groups is 1. The van der Waals surface area contributed by atoms with Gasteiger partial charge in [0.15, 0.2) is 11.6 Å². The minimum atomic E-state index is -0.984. The Labute approximate surface area is 110 Å². The summed E-state index contributed by atoms with van der Waals surface area (Å²) in [5.74, 6) is -2.15. The van der Waals surface area contributed by atoms with Gasteiger partial charge >= 0.3 is 0 Å². The molecule has 102 valence electrons. The van der Waals surface area contributed by atoms with Gasteiger partial charge in [-0.2, -0.15) is 0 Å². The van der Waals surface area contributed by atoms with Crippen molar-refractivity contribution in [3.05, 3.63) is 35.4 Å². The first-order chi connectivity index (χ1) is 9.16. The van der Waals surface area contributed by atoms with E-state index in [0.29, 0.717) is 13.2 Å². The number of hydrogen-bond donors (Lipinski definition) is 0. The number of hydrogen-bond acceptors (Lipinski definition) is 2. The van der Waals surface area contributed by atoms with Gasteiger partial charge in [-0.05, 0) is 37.5 Å². The van der Waals surface area contributed by atoms with Crippen molar-refractivity contribution >= 4 is 5.91 Å². The van der Waals surface area contributed by atoms with E-state index in [1.807, 2.05) is 0 Å². The predicted octanol–water partition coefficient (Wildman–Crippen LogP) is 2.36. The monoisotopic (exact) mass is 267 g/mol. The minimum Gasteiger partial charge on any atom is -0.374 e. The van der Waals surface area contributed by atoms with E-state index in [-0.39, 0.29) is 23.6 Å². The van der Waals surface area contributed by atoms with Gasteiger partial charge in [0.1, 0.15) is 0 Å². The maximum atomic E-state index is 13.2. The highest BCUT2D eigenvalue weighted by Crippen LogP contribution is 2.30. The van der Waals surface area contributed by atoms with E-state index >= 15 is 0 Å². The van der Waals surface area contributed by atoms with Crippen LogP contribution in [0.3, 0.4) is 0 Å². The molecule has 2 fully saturated rings. The van der Waals surface area contributed by atoms with Crippen molar-refractivity contribution in [2.24, 2.45) is 0 Å². The fourth-order valence-electron chi connectivity index (χ4n) is 2.97. The van der Waals surface area contributed by atoms with E-state index in [2.05, 4.69) is 0 Å². The molecule has 0 spiro atoms. The van der Waals surface area contributed by atoms with Gasteiger partial charge in [0, 0.05) is 12.1 Å². The summed E-state index contributed by atoms with van der Waals surface area (Å²) in [6.07, 6.45) is 3.02. The third-order valence-corrected chi connectivity index (χ3v) is 3.91. The number of benzene rings is 1. The summed E-state index contributed by atoms with van der Waals surface area (Å²) >= 11 is 0. The van der Waals surface area contributed by atoms with Gasteiger partial charge in [0.25, 0.3) is 5.91 Å². The molecule has 0 aromatic heterocycles. The second kappa shape index (κ2) is 4.89. The van der Waals surface area contributed by atoms with E-state index in [0.717, 1.165) is 31.4 Å². The Hall–Kier alpha value is -1.49. The number of fused-ring (bicyclic) bond motifs is 1. The standard InChI is InChI=1S/C14H15F2NO2/c15-10-5-4-9(8-11(10)16)14(18)17-6-7-19-13-3-1-2-12(13)17/h4-5,8,12-13H,1-3,6-7H2. The predicted molar refractivity (Wildman–Crippen MR) is 64.8 cm³/mol. The molecule has 19 heavy (non-hydrogen) atoms. The average molecular weight is 267 g/mol. The van der Waals surface area contributed by atoms with Crippen LogP contribution >= 0.6 is 0 Å². The first-order valence-corrected chi connectivity index (χ1v) is 6.54. The van der Waals surface area contributed by atoms with Gasteiger partial charge in [-0.15, -0.1) is 0 Å². The number of ether oxygens (including phenoxy) is 1. The number of morpholine rings is 1. The van der Waals surface area contributed by atoms with Crippen molar-refractivity contribution in [3.63, 3.8) is 0 Å². The average Bonchev–Trinajstić information content (AvgIpc) is 2.89. The van der Waals surface area contributed by atoms with E-state index in [4.69, 9.17) is 4.74 Å². The third-order valence-electron chi connectivity index (χ3n) is 3.91. The van der Waals surface area contributed by atoms with Gasteiger partial charge in [-0.1, -0.05) is 0 Å². The molecule has 1 aromatic carbocycles. The van der Waals surface area contributed by atoms with Crippen LogP contribution in [0.1, 0.15) is 29.6 Å². The third kappa shape index (κ3) is 2.23. The van der Waals surface area contributed by atoms with Gasteiger partial charge in [-0.25, -0.2) is 8.78 Å². The summed E-state index contributed by atoms with van der Waals surface area (Å²) in [5.41, 5.74) is 0.200. The van der Waals surface area contributed by atoms with Gasteiger partial charge in [0.2, 0.25) is 0 Å². The first-order valence-electron chi connectivity index (χ1n) is 6.54. The molecule has 1 aliphatic heterocycles. The molecule has 2 aliphatic rings. The normalized spacial score (nSPS) is 26.3. The van der Waals surface area contributed by atoms with Gasteiger partial charge in [0.05, 0.1) is 18.8 Å². The van der Waals surface area contributed by atoms with E-state index in [9.17, 15) is 13.6 Å². The van der Waals surface area contributed by atoms with Crippen LogP contribution in [0.2, 0.25) is 0 Å². The summed E-state index contributed by atoms with van der Waals surface area (Å²) in [5, 5.41) is 0. The molecule has 0 bridgehead atoms. The quantitative estimate of drug-likeness (QED) is 0.781. The van der Waals surface area contributed by atoms with E-state index in [1.165, 1.54) is 6.07 Å². The highest BCUT2D eigenvalue weighted by atomic mass is 19.2. The maximum Gasteiger partial charge on any atom is 0.254 e. The van der Waals surface area contributed by atoms with Crippen LogP contribution in [0.15, 0.2) is 18.2 Å². The lowest BCUT2D eigenvalue weighted by atomic mass is 10.1. The molecular formula is C14H15F2NO2. The van der Waals surface area contributed by atoms with Crippen LogP contribution in [0.5, 0.6) is 0 Å². The largest absolute Gasteiger partial charge is 0.374 e. The molecule has 1 heterocycles. The summed E-state index contributed by atoms with van der Waals surface area (Å²) in [6.45, 7) is 1.02. The molecule has 1 aromatic rings. The summed E-state index contributed by atoms with van der Waals surface area (Å²) in [4.78, 5) is 14.1. The van der Waals surface area contributed by atoms with Crippen molar-refractivity contribution in [2.45, 2.75) is 31.4 Å². The molecule has 1 aliphatic carbocycles. The maximum absolute atomic E-state index is 13.2. The molecule has 3 nitrogen and oxygen atoms in total. The van der Waals surface area contributed by atoms with Crippen LogP contribution in [0.4, 0.5) is 8.78 Å². The van der Waals surface area contributed by atoms with Gasteiger partial charge in [-0.3, -0.25) is 4.79 Å². The molecule has 1 amide bonds. The number of carbonyl (C=O) groups excluding carboxylic acids is 1. The second-order valence-corrected chi connectivity index (χ2v) is 5.03. The molecule has 1 saturated heterocycles. The Bertz CT molecular complexity index is 506. The Balaban J connectivity index is 1.84. The Morgan fingerprint density at radius 3 is 2.89 bits per heavy atom. The molecule has 3 rings (SSSR count). The zero-order valence-corrected chi connectivity index (χ0v) is 10.4. The van der Waals surface area contributed by atoms with Crippen LogP contribution in [-0.2, 0) is 4.74 Å². The molecule has 5 heteroatoms. The number of amides is 1. The highest BCUT2D eigenvalue weighted by Gasteiger charge is 2.38. The fourth-order valence-corrected chi connectivity index (χ4v) is 2.97. The van der Waals surface area contributed by atoms with Crippen LogP contribution in [-0.4, -0.2) is 36.1 Å². The summed E-state index contributed by atoms with van der Waals surface area (Å²) in [6, 6.07) is 3.38. The Morgan fingerprint density at radius 1 is 1.26 bits per heavy atom. The van der Waals surface area contributed by atoms with Gasteiger partial charge < -0.3 is 9.64 Å². The van der Waals surface area contributed by atoms with Crippen molar-refractivity contribution in [1.82, 2.24) is 4.90 Å². The molecular weight excluding hydrogens is 252 g/mol. The van der Waals surface area contributed by atoms with Crippen molar-refractivity contribution < 1.29 is 18.3 Å². The lowest BCUT2D eigenvalue weighted by Crippen LogP contribution is -2.51. The number of halogens is 2. The lowest BCUT2D eigenvalue weighted by Gasteiger charge is -2.37. The van der Waals surface area contributed by atoms with E-state index in [1.54, 1.807) is 4.90 Å². The van der Waals surface area contributed by atoms with Crippen molar-refractivity contribution in [1.29, 1.82) is 0 Å². The molecule has 0 N–H and O–H groups in total. The Morgan fingerprint density at radius 2 is 2.11 bits per heavy atom. The fraction of sp³-hybridized carbons (Fsp3) is 0.500. The topological polar surface area (TPSA) is 29.5 Å². The minimum absolute atomic E-state index is 0.0781. The zero-order chi connectivity index (χ0) is 13.4. The van der Waals surface area contributed by atoms with Crippen molar-refractivity contribution in [3.8, 4) is 0 Å². The van der Waals surface area contributed by atoms with Crippen LogP contribution in [0.25, 0.3) is 0 Å². The van der Waals surface area contributed by atoms with Crippen molar-refractivity contribution in [2.75, 3.05) is 13.2 Å². The summed E-state index contributed by atoms with van der Waals surface area (Å²) in [7, 11) is 0. The zero-order valence-electron chi connectivity index (χ0n) is 10.4. The van der Waals surface area contributed by atoms with Crippen LogP contribution in [0, 0.1) is 11.6 Å². The molecule has 2 atom stereocenters. The number of rotatable bonds is 1. The smallest absolute Gasteiger partial charge is 0.254 e. The highest BCUT2D eigenvalue weighted by molar-refractivity contribution is 5.94. The molecule has 0 radical (unpaired) electrons. The van der Waals surface area contributed by atoms with E-state index < -0.39 is 11.6 Å². The molecule has 2 unspecified atom stereocenters. The summed E-state index contributed by atoms with van der Waals surface area (Å²) < 4.78 is 31.7. The van der Waals surface area contributed by atoms with Crippen LogP contribution < -0.4 is 0 Å². The second-order valence-electron chi connectivity index (χ2n) is 5.03. The SMILES string of the molecule is O=C(c1ccc(F)c(F)c1)N1CCOC2CCCC21. The molecule has 1 saturated carbocycles. The lowest BCUT2D eigenvalue weighted by molar-refractivity contribution is -0.0445. The number of nitrogens with zero attached hydrogens (tertiary/aromatic N) is 1.